The number of hydrogen-bond donors (Lipinski definition) is 0. The third kappa shape index (κ3) is 2.23. The van der Waals surface area contributed by atoms with Gasteiger partial charge in [0.05, 0.1) is 6.07 Å². The van der Waals surface area contributed by atoms with Gasteiger partial charge in [-0.1, -0.05) is 34.3 Å². The van der Waals surface area contributed by atoms with Crippen LogP contribution in [0.15, 0.2) is 12.2 Å². The Morgan fingerprint density at radius 1 is 1.50 bits per heavy atom. The van der Waals surface area contributed by atoms with Crippen molar-refractivity contribution >= 4 is 0 Å². The van der Waals surface area contributed by atoms with Crippen molar-refractivity contribution < 1.29 is 0 Å². The van der Waals surface area contributed by atoms with Gasteiger partial charge in [0.2, 0.25) is 0 Å². The van der Waals surface area contributed by atoms with E-state index in [1.54, 1.807) is 0 Å². The summed E-state index contributed by atoms with van der Waals surface area (Å²) in [5.74, 6) is 0.275. The number of hydrogen-bond acceptors (Lipinski definition) is 1. The number of nitriles is 1. The highest BCUT2D eigenvalue weighted by atomic mass is 14.3. The second-order valence-electron chi connectivity index (χ2n) is 3.72. The zero-order valence-electron chi connectivity index (χ0n) is 7.23. The predicted octanol–water partition coefficient (Wildman–Crippen LogP) is 2.75. The second kappa shape index (κ2) is 2.88. The fraction of sp³-hybridized carbons (Fsp3) is 0.667. The highest BCUT2D eigenvalue weighted by Gasteiger charge is 2.21. The lowest BCUT2D eigenvalue weighted by Crippen LogP contribution is -2.18. The Kier molecular flexibility index (Phi) is 2.65. The van der Waals surface area contributed by atoms with Gasteiger partial charge in [0.15, 0.2) is 0 Å². The van der Waals surface area contributed by atoms with Gasteiger partial charge >= 0.3 is 0 Å². The van der Waals surface area contributed by atoms with Crippen LogP contribution in [0, 0.1) is 22.7 Å². The second-order valence-corrected chi connectivity index (χ2v) is 3.72. The topological polar surface area (TPSA) is 23.8 Å². The summed E-state index contributed by atoms with van der Waals surface area (Å²) in [6, 6.07) is 2.08. The molecule has 0 radical (unpaired) electrons. The van der Waals surface area contributed by atoms with Crippen LogP contribution in [-0.2, 0) is 0 Å². The molecule has 0 fully saturated rings. The minimum absolute atomic E-state index is 0.160. The average molecular weight is 137 g/mol. The lowest BCUT2D eigenvalue weighted by Gasteiger charge is -2.25. The van der Waals surface area contributed by atoms with Crippen LogP contribution < -0.4 is 0 Å². The van der Waals surface area contributed by atoms with Gasteiger partial charge in [-0.05, 0) is 11.3 Å². The van der Waals surface area contributed by atoms with Crippen molar-refractivity contribution in [3.8, 4) is 6.07 Å². The molecule has 1 heteroatoms. The quantitative estimate of drug-likeness (QED) is 0.510. The van der Waals surface area contributed by atoms with E-state index in [0.717, 1.165) is 0 Å². The standard InChI is InChI=1S/C9H15N/c1-7(6-10)8(2)9(3,4)5/h8H,1H2,2-5H3. The molecule has 1 atom stereocenters. The van der Waals surface area contributed by atoms with Gasteiger partial charge < -0.3 is 0 Å². The lowest BCUT2D eigenvalue weighted by atomic mass is 9.78. The molecule has 0 aliphatic carbocycles. The molecule has 10 heavy (non-hydrogen) atoms. The molecule has 0 heterocycles. The minimum atomic E-state index is 0.160. The summed E-state index contributed by atoms with van der Waals surface area (Å²) in [6.45, 7) is 12.0. The molecule has 0 amide bonds. The average Bonchev–Trinajstić information content (AvgIpc) is 1.83. The first-order valence-electron chi connectivity index (χ1n) is 3.48. The van der Waals surface area contributed by atoms with E-state index >= 15 is 0 Å². The Bertz CT molecular complexity index is 166. The summed E-state index contributed by atoms with van der Waals surface area (Å²) in [5.41, 5.74) is 0.833. The van der Waals surface area contributed by atoms with Crippen molar-refractivity contribution in [3.63, 3.8) is 0 Å². The van der Waals surface area contributed by atoms with Crippen LogP contribution in [0.1, 0.15) is 27.7 Å². The summed E-state index contributed by atoms with van der Waals surface area (Å²) >= 11 is 0. The van der Waals surface area contributed by atoms with Crippen LogP contribution >= 0.6 is 0 Å². The van der Waals surface area contributed by atoms with E-state index < -0.39 is 0 Å². The summed E-state index contributed by atoms with van der Waals surface area (Å²) < 4.78 is 0. The maximum absolute atomic E-state index is 8.52. The van der Waals surface area contributed by atoms with Gasteiger partial charge in [-0.2, -0.15) is 5.26 Å². The Balaban J connectivity index is 4.26. The zero-order valence-corrected chi connectivity index (χ0v) is 7.23. The monoisotopic (exact) mass is 137 g/mol. The third-order valence-electron chi connectivity index (χ3n) is 1.97. The molecule has 0 aliphatic heterocycles. The normalized spacial score (nSPS) is 13.9. The maximum Gasteiger partial charge on any atom is 0.0943 e. The molecule has 0 spiro atoms. The smallest absolute Gasteiger partial charge is 0.0943 e. The van der Waals surface area contributed by atoms with Crippen LogP contribution in [-0.4, -0.2) is 0 Å². The summed E-state index contributed by atoms with van der Waals surface area (Å²) in [7, 11) is 0. The van der Waals surface area contributed by atoms with Gasteiger partial charge in [0.25, 0.3) is 0 Å². The zero-order chi connectivity index (χ0) is 8.36. The van der Waals surface area contributed by atoms with Crippen molar-refractivity contribution in [3.05, 3.63) is 12.2 Å². The lowest BCUT2D eigenvalue weighted by molar-refractivity contribution is 0.306. The van der Waals surface area contributed by atoms with E-state index in [1.807, 2.05) is 6.92 Å². The molecular formula is C9H15N. The third-order valence-corrected chi connectivity index (χ3v) is 1.97. The molecule has 0 aromatic heterocycles. The van der Waals surface area contributed by atoms with Crippen LogP contribution in [0.2, 0.25) is 0 Å². The molecule has 56 valence electrons. The van der Waals surface area contributed by atoms with Crippen molar-refractivity contribution in [2.45, 2.75) is 27.7 Å². The van der Waals surface area contributed by atoms with Crippen molar-refractivity contribution in [1.82, 2.24) is 0 Å². The van der Waals surface area contributed by atoms with E-state index in [2.05, 4.69) is 33.4 Å². The minimum Gasteiger partial charge on any atom is -0.193 e. The van der Waals surface area contributed by atoms with Crippen LogP contribution in [0.4, 0.5) is 0 Å². The Hall–Kier alpha value is -0.770. The van der Waals surface area contributed by atoms with Crippen LogP contribution in [0.25, 0.3) is 0 Å². The van der Waals surface area contributed by atoms with Crippen LogP contribution in [0.5, 0.6) is 0 Å². The van der Waals surface area contributed by atoms with Gasteiger partial charge in [0, 0.05) is 5.57 Å². The van der Waals surface area contributed by atoms with Crippen molar-refractivity contribution in [2.24, 2.45) is 11.3 Å². The first-order valence-corrected chi connectivity index (χ1v) is 3.48. The van der Waals surface area contributed by atoms with E-state index in [0.29, 0.717) is 5.57 Å². The van der Waals surface area contributed by atoms with Crippen molar-refractivity contribution in [2.75, 3.05) is 0 Å². The molecule has 0 bridgehead atoms. The Labute approximate surface area is 63.4 Å². The highest BCUT2D eigenvalue weighted by molar-refractivity contribution is 5.20. The number of nitrogens with zero attached hydrogens (tertiary/aromatic N) is 1. The summed E-state index contributed by atoms with van der Waals surface area (Å²) in [4.78, 5) is 0. The van der Waals surface area contributed by atoms with Crippen LogP contribution in [0.3, 0.4) is 0 Å². The molecule has 0 saturated heterocycles. The summed E-state index contributed by atoms with van der Waals surface area (Å²) in [5, 5.41) is 8.52. The summed E-state index contributed by atoms with van der Waals surface area (Å²) in [6.07, 6.45) is 0. The Morgan fingerprint density at radius 3 is 2.00 bits per heavy atom. The maximum atomic E-state index is 8.52. The molecule has 0 aromatic carbocycles. The van der Waals surface area contributed by atoms with E-state index in [1.165, 1.54) is 0 Å². The first-order chi connectivity index (χ1) is 4.39. The van der Waals surface area contributed by atoms with Gasteiger partial charge in [0.1, 0.15) is 0 Å². The predicted molar refractivity (Wildman–Crippen MR) is 43.4 cm³/mol. The largest absolute Gasteiger partial charge is 0.193 e. The van der Waals surface area contributed by atoms with Crippen molar-refractivity contribution in [1.29, 1.82) is 5.26 Å². The fourth-order valence-corrected chi connectivity index (χ4v) is 0.620. The number of allylic oxidation sites excluding steroid dienone is 1. The molecule has 0 rings (SSSR count). The SMILES string of the molecule is C=C(C#N)C(C)C(C)(C)C. The van der Waals surface area contributed by atoms with E-state index in [9.17, 15) is 0 Å². The highest BCUT2D eigenvalue weighted by Crippen LogP contribution is 2.29. The van der Waals surface area contributed by atoms with Gasteiger partial charge in [-0.3, -0.25) is 0 Å². The Morgan fingerprint density at radius 2 is 1.90 bits per heavy atom. The number of rotatable bonds is 1. The molecule has 0 saturated carbocycles. The molecule has 0 aromatic rings. The van der Waals surface area contributed by atoms with E-state index in [4.69, 9.17) is 5.26 Å². The molecular weight excluding hydrogens is 122 g/mol. The fourth-order valence-electron chi connectivity index (χ4n) is 0.620. The molecule has 0 N–H and O–H groups in total. The van der Waals surface area contributed by atoms with Gasteiger partial charge in [-0.15, -0.1) is 0 Å². The van der Waals surface area contributed by atoms with E-state index in [-0.39, 0.29) is 11.3 Å². The first kappa shape index (κ1) is 9.23. The van der Waals surface area contributed by atoms with Gasteiger partial charge in [-0.25, -0.2) is 0 Å². The molecule has 0 aliphatic rings. The molecule has 1 unspecified atom stereocenters. The molecule has 1 nitrogen and oxygen atoms in total.